The van der Waals surface area contributed by atoms with Gasteiger partial charge >= 0.3 is 0 Å². The third kappa shape index (κ3) is 4.13. The van der Waals surface area contributed by atoms with Gasteiger partial charge in [0.2, 0.25) is 0 Å². The second-order valence-electron chi connectivity index (χ2n) is 3.63. The number of nitrogens with one attached hydrogen (secondary N) is 1. The van der Waals surface area contributed by atoms with E-state index in [9.17, 15) is 4.79 Å². The summed E-state index contributed by atoms with van der Waals surface area (Å²) in [5, 5.41) is 3.03. The Kier molecular flexibility index (Phi) is 5.77. The Morgan fingerprint density at radius 2 is 2.28 bits per heavy atom. The highest BCUT2D eigenvalue weighted by Gasteiger charge is 2.07. The number of hydrogen-bond donors (Lipinski definition) is 1. The van der Waals surface area contributed by atoms with Gasteiger partial charge in [0.1, 0.15) is 5.76 Å². The third-order valence-electron chi connectivity index (χ3n) is 2.40. The molecule has 0 saturated carbocycles. The first-order valence-electron chi connectivity index (χ1n) is 5.89. The van der Waals surface area contributed by atoms with Crippen LogP contribution in [-0.4, -0.2) is 26.0 Å². The van der Waals surface area contributed by atoms with Crippen molar-refractivity contribution in [2.45, 2.75) is 13.3 Å². The minimum atomic E-state index is -0.0253. The molecule has 0 spiro atoms. The van der Waals surface area contributed by atoms with Crippen LogP contribution in [0.2, 0.25) is 0 Å². The number of ketones is 1. The summed E-state index contributed by atoms with van der Waals surface area (Å²) in [6.07, 6.45) is 7.14. The Morgan fingerprint density at radius 3 is 2.89 bits per heavy atom. The van der Waals surface area contributed by atoms with E-state index >= 15 is 0 Å². The fourth-order valence-electron chi connectivity index (χ4n) is 1.56. The maximum Gasteiger partial charge on any atom is 0.190 e. The molecule has 0 saturated heterocycles. The highest BCUT2D eigenvalue weighted by molar-refractivity contribution is 5.91. The van der Waals surface area contributed by atoms with E-state index in [0.29, 0.717) is 31.2 Å². The van der Waals surface area contributed by atoms with Crippen molar-refractivity contribution in [2.24, 2.45) is 0 Å². The molecule has 0 aromatic carbocycles. The molecular weight excluding hydrogens is 230 g/mol. The highest BCUT2D eigenvalue weighted by Crippen LogP contribution is 2.14. The van der Waals surface area contributed by atoms with Crippen molar-refractivity contribution in [2.75, 3.05) is 20.3 Å². The van der Waals surface area contributed by atoms with Crippen LogP contribution < -0.4 is 5.32 Å². The van der Waals surface area contributed by atoms with E-state index in [0.717, 1.165) is 5.57 Å². The summed E-state index contributed by atoms with van der Waals surface area (Å²) < 4.78 is 10.6. The van der Waals surface area contributed by atoms with Gasteiger partial charge in [0, 0.05) is 24.6 Å². The van der Waals surface area contributed by atoms with Crippen LogP contribution in [0.5, 0.6) is 0 Å². The van der Waals surface area contributed by atoms with Crippen molar-refractivity contribution in [3.05, 3.63) is 48.1 Å². The zero-order valence-electron chi connectivity index (χ0n) is 10.9. The number of methoxy groups -OCH3 is 1. The smallest absolute Gasteiger partial charge is 0.190 e. The van der Waals surface area contributed by atoms with Gasteiger partial charge in [0.05, 0.1) is 13.7 Å². The number of rotatable bonds is 4. The molecule has 1 aliphatic rings. The molecule has 0 unspecified atom stereocenters. The van der Waals surface area contributed by atoms with E-state index in [-0.39, 0.29) is 5.78 Å². The summed E-state index contributed by atoms with van der Waals surface area (Å²) in [6.45, 7) is 6.63. The Bertz CT molecular complexity index is 405. The molecule has 1 aliphatic heterocycles. The summed E-state index contributed by atoms with van der Waals surface area (Å²) in [4.78, 5) is 11.7. The van der Waals surface area contributed by atoms with Gasteiger partial charge in [-0.1, -0.05) is 18.7 Å². The van der Waals surface area contributed by atoms with Gasteiger partial charge in [-0.2, -0.15) is 0 Å². The van der Waals surface area contributed by atoms with Gasteiger partial charge in [-0.3, -0.25) is 4.79 Å². The molecule has 0 aromatic rings. The van der Waals surface area contributed by atoms with E-state index < -0.39 is 0 Å². The molecule has 0 atom stereocenters. The largest absolute Gasteiger partial charge is 0.496 e. The standard InChI is InChI=1S/C14H19NO3/c1-4-11-6-7-12(16)10-14(18-5-2)15-9-8-13(11)17-3/h4,6,8,10,15H,1,5,7,9H2,2-3H3. The SMILES string of the molecule is C=CC1=CCC(=O)C=C(OCC)NCC=C1OC. The summed E-state index contributed by atoms with van der Waals surface area (Å²) >= 11 is 0. The number of allylic oxidation sites excluding steroid dienone is 3. The molecule has 4 heteroatoms. The Morgan fingerprint density at radius 1 is 1.50 bits per heavy atom. The summed E-state index contributed by atoms with van der Waals surface area (Å²) in [6, 6.07) is 0. The number of carbonyl (C=O) groups excluding carboxylic acids is 1. The third-order valence-corrected chi connectivity index (χ3v) is 2.40. The first-order valence-corrected chi connectivity index (χ1v) is 5.89. The quantitative estimate of drug-likeness (QED) is 0.828. The average Bonchev–Trinajstić information content (AvgIpc) is 2.37. The monoisotopic (exact) mass is 249 g/mol. The predicted octanol–water partition coefficient (Wildman–Crippen LogP) is 2.07. The van der Waals surface area contributed by atoms with Crippen LogP contribution >= 0.6 is 0 Å². The van der Waals surface area contributed by atoms with E-state index in [1.54, 1.807) is 19.3 Å². The summed E-state index contributed by atoms with van der Waals surface area (Å²) in [7, 11) is 1.59. The molecule has 1 rings (SSSR count). The fourth-order valence-corrected chi connectivity index (χ4v) is 1.56. The van der Waals surface area contributed by atoms with Crippen molar-refractivity contribution in [3.63, 3.8) is 0 Å². The van der Waals surface area contributed by atoms with Gasteiger partial charge in [0.15, 0.2) is 11.7 Å². The number of hydrogen-bond acceptors (Lipinski definition) is 4. The normalized spacial score (nSPS) is 16.8. The molecule has 0 amide bonds. The van der Waals surface area contributed by atoms with Crippen LogP contribution in [0.25, 0.3) is 0 Å². The molecule has 0 aromatic heterocycles. The Balaban J connectivity index is 2.96. The van der Waals surface area contributed by atoms with Crippen LogP contribution in [0.1, 0.15) is 13.3 Å². The lowest BCUT2D eigenvalue weighted by Crippen LogP contribution is -2.18. The molecule has 4 nitrogen and oxygen atoms in total. The van der Waals surface area contributed by atoms with Gasteiger partial charge in [0.25, 0.3) is 0 Å². The maximum atomic E-state index is 11.7. The minimum Gasteiger partial charge on any atom is -0.496 e. The zero-order chi connectivity index (χ0) is 13.4. The predicted molar refractivity (Wildman–Crippen MR) is 70.7 cm³/mol. The molecule has 1 N–H and O–H groups in total. The molecule has 0 radical (unpaired) electrons. The van der Waals surface area contributed by atoms with Crippen molar-refractivity contribution in [1.82, 2.24) is 5.32 Å². The molecule has 0 aliphatic carbocycles. The van der Waals surface area contributed by atoms with Crippen molar-refractivity contribution < 1.29 is 14.3 Å². The first-order chi connectivity index (χ1) is 8.71. The first kappa shape index (κ1) is 14.1. The van der Waals surface area contributed by atoms with E-state index in [1.165, 1.54) is 6.08 Å². The minimum absolute atomic E-state index is 0.0253. The topological polar surface area (TPSA) is 47.6 Å². The van der Waals surface area contributed by atoms with E-state index in [1.807, 2.05) is 13.0 Å². The Labute approximate surface area is 108 Å². The summed E-state index contributed by atoms with van der Waals surface area (Å²) in [5.74, 6) is 1.16. The number of ether oxygens (including phenoxy) is 2. The summed E-state index contributed by atoms with van der Waals surface area (Å²) in [5.41, 5.74) is 0.820. The second kappa shape index (κ2) is 7.37. The van der Waals surface area contributed by atoms with E-state index in [4.69, 9.17) is 9.47 Å². The van der Waals surface area contributed by atoms with Gasteiger partial charge in [-0.25, -0.2) is 0 Å². The van der Waals surface area contributed by atoms with Crippen molar-refractivity contribution >= 4 is 5.78 Å². The second-order valence-corrected chi connectivity index (χ2v) is 3.63. The van der Waals surface area contributed by atoms with Gasteiger partial charge < -0.3 is 14.8 Å². The maximum absolute atomic E-state index is 11.7. The molecule has 18 heavy (non-hydrogen) atoms. The van der Waals surface area contributed by atoms with Crippen LogP contribution in [0.4, 0.5) is 0 Å². The molecule has 98 valence electrons. The molecule has 0 bridgehead atoms. The highest BCUT2D eigenvalue weighted by atomic mass is 16.5. The van der Waals surface area contributed by atoms with Crippen molar-refractivity contribution in [1.29, 1.82) is 0 Å². The van der Waals surface area contributed by atoms with Crippen LogP contribution in [-0.2, 0) is 14.3 Å². The zero-order valence-corrected chi connectivity index (χ0v) is 10.9. The lowest BCUT2D eigenvalue weighted by molar-refractivity contribution is -0.114. The van der Waals surface area contributed by atoms with Gasteiger partial charge in [-0.15, -0.1) is 0 Å². The van der Waals surface area contributed by atoms with E-state index in [2.05, 4.69) is 11.9 Å². The molecule has 1 heterocycles. The lowest BCUT2D eigenvalue weighted by Gasteiger charge is -2.13. The van der Waals surface area contributed by atoms with Gasteiger partial charge in [-0.05, 0) is 13.0 Å². The average molecular weight is 249 g/mol. The molecule has 0 fully saturated rings. The van der Waals surface area contributed by atoms with Crippen LogP contribution in [0.15, 0.2) is 48.1 Å². The Hall–Kier alpha value is -1.97. The van der Waals surface area contributed by atoms with Crippen LogP contribution in [0, 0.1) is 0 Å². The van der Waals surface area contributed by atoms with Crippen molar-refractivity contribution in [3.8, 4) is 0 Å². The lowest BCUT2D eigenvalue weighted by atomic mass is 10.1. The fraction of sp³-hybridized carbons (Fsp3) is 0.357. The number of carbonyl (C=O) groups is 1. The molecular formula is C14H19NO3. The van der Waals surface area contributed by atoms with Crippen LogP contribution in [0.3, 0.4) is 0 Å².